The summed E-state index contributed by atoms with van der Waals surface area (Å²) >= 11 is 0. The number of hydrogen-bond donors (Lipinski definition) is 0. The van der Waals surface area contributed by atoms with Crippen LogP contribution >= 0.6 is 0 Å². The van der Waals surface area contributed by atoms with Crippen molar-refractivity contribution in [2.24, 2.45) is 7.05 Å². The van der Waals surface area contributed by atoms with E-state index in [9.17, 15) is 19.7 Å². The number of para-hydroxylation sites is 2. The fourth-order valence-electron chi connectivity index (χ4n) is 4.88. The first kappa shape index (κ1) is 24.6. The summed E-state index contributed by atoms with van der Waals surface area (Å²) in [7, 11) is 3.58. The zero-order chi connectivity index (χ0) is 27.1. The Kier molecular flexibility index (Phi) is 6.12. The van der Waals surface area contributed by atoms with E-state index in [1.54, 1.807) is 45.3 Å². The molecule has 38 heavy (non-hydrogen) atoms. The highest BCUT2D eigenvalue weighted by Crippen LogP contribution is 2.34. The van der Waals surface area contributed by atoms with Gasteiger partial charge < -0.3 is 0 Å². The molecule has 1 amide bonds. The Morgan fingerprint density at radius 1 is 0.842 bits per heavy atom. The number of nitro groups is 1. The van der Waals surface area contributed by atoms with Crippen LogP contribution in [-0.4, -0.2) is 37.6 Å². The maximum Gasteiger partial charge on any atom is 0.320 e. The number of non-ortho nitro benzene ring substituents is 1. The molecule has 0 unspecified atom stereocenters. The van der Waals surface area contributed by atoms with Gasteiger partial charge in [-0.3, -0.25) is 24.4 Å². The Hall–Kier alpha value is -5.05. The Bertz CT molecular complexity index is 1700. The first-order valence-corrected chi connectivity index (χ1v) is 12.0. The second kappa shape index (κ2) is 9.44. The van der Waals surface area contributed by atoms with Crippen molar-refractivity contribution in [1.82, 2.24) is 9.36 Å². The molecule has 0 fully saturated rings. The molecule has 0 N–H and O–H groups in total. The van der Waals surface area contributed by atoms with Gasteiger partial charge in [0, 0.05) is 37.4 Å². The third kappa shape index (κ3) is 3.85. The normalized spacial score (nSPS) is 14.8. The number of carbonyl (C=O) groups excluding carboxylic acids is 1. The van der Waals surface area contributed by atoms with E-state index < -0.39 is 4.92 Å². The molecule has 9 nitrogen and oxygen atoms in total. The van der Waals surface area contributed by atoms with Gasteiger partial charge in [0.25, 0.3) is 11.2 Å². The van der Waals surface area contributed by atoms with Gasteiger partial charge in [0.05, 0.1) is 16.2 Å². The molecule has 0 atom stereocenters. The minimum absolute atomic E-state index is 0.0777. The molecule has 0 aliphatic carbocycles. The van der Waals surface area contributed by atoms with E-state index >= 15 is 0 Å². The van der Waals surface area contributed by atoms with Crippen LogP contribution in [0.15, 0.2) is 95.3 Å². The summed E-state index contributed by atoms with van der Waals surface area (Å²) in [5.74, 6) is -0.293. The molecule has 1 aromatic heterocycles. The summed E-state index contributed by atoms with van der Waals surface area (Å²) in [5.41, 5.74) is 3.99. The van der Waals surface area contributed by atoms with Crippen LogP contribution in [0, 0.1) is 17.0 Å². The first-order valence-electron chi connectivity index (χ1n) is 12.0. The average molecular weight is 509 g/mol. The van der Waals surface area contributed by atoms with Crippen molar-refractivity contribution in [2.45, 2.75) is 13.8 Å². The lowest BCUT2D eigenvalue weighted by molar-refractivity contribution is -0.495. The number of hydrazine groups is 1. The highest BCUT2D eigenvalue weighted by atomic mass is 16.6. The molecule has 0 saturated heterocycles. The maximum absolute atomic E-state index is 14.1. The van der Waals surface area contributed by atoms with Gasteiger partial charge in [-0.25, -0.2) is 4.68 Å². The van der Waals surface area contributed by atoms with Crippen LogP contribution in [0.1, 0.15) is 23.7 Å². The van der Waals surface area contributed by atoms with E-state index in [-0.39, 0.29) is 17.2 Å². The van der Waals surface area contributed by atoms with E-state index in [1.807, 2.05) is 74.5 Å². The molecule has 0 radical (unpaired) electrons. The number of rotatable bonds is 5. The van der Waals surface area contributed by atoms with Crippen LogP contribution < -0.4 is 10.6 Å². The first-order chi connectivity index (χ1) is 18.2. The van der Waals surface area contributed by atoms with Crippen LogP contribution in [0.2, 0.25) is 0 Å². The number of hydrogen-bond acceptors (Lipinski definition) is 4. The predicted octanol–water partition coefficient (Wildman–Crippen LogP) is 4.26. The molecule has 9 heteroatoms. The molecule has 2 heterocycles. The molecule has 0 spiro atoms. The van der Waals surface area contributed by atoms with Gasteiger partial charge in [0.15, 0.2) is 7.05 Å². The lowest BCUT2D eigenvalue weighted by atomic mass is 9.91. The van der Waals surface area contributed by atoms with Crippen molar-refractivity contribution >= 4 is 28.6 Å². The second-order valence-electron chi connectivity index (χ2n) is 9.05. The third-order valence-corrected chi connectivity index (χ3v) is 6.98. The molecular formula is C29H26N5O4+. The van der Waals surface area contributed by atoms with Gasteiger partial charge in [-0.1, -0.05) is 41.4 Å². The number of anilines is 1. The predicted molar refractivity (Wildman–Crippen MR) is 146 cm³/mol. The Labute approximate surface area is 218 Å². The third-order valence-electron chi connectivity index (χ3n) is 6.98. The highest BCUT2D eigenvalue weighted by Gasteiger charge is 2.43. The molecule has 1 aliphatic heterocycles. The fourth-order valence-corrected chi connectivity index (χ4v) is 4.88. The largest absolute Gasteiger partial charge is 0.320 e. The molecule has 3 aromatic carbocycles. The monoisotopic (exact) mass is 508 g/mol. The molecule has 5 rings (SSSR count). The van der Waals surface area contributed by atoms with E-state index in [0.29, 0.717) is 45.1 Å². The zero-order valence-electron chi connectivity index (χ0n) is 21.5. The number of nitrogens with zero attached hydrogens (tertiary/aromatic N) is 5. The number of carbonyl (C=O) groups is 1. The van der Waals surface area contributed by atoms with Crippen LogP contribution in [0.3, 0.4) is 0 Å². The molecule has 0 saturated carbocycles. The summed E-state index contributed by atoms with van der Waals surface area (Å²) in [4.78, 5) is 39.0. The lowest BCUT2D eigenvalue weighted by Gasteiger charge is -2.12. The number of benzene rings is 3. The quantitative estimate of drug-likeness (QED) is 0.174. The number of aromatic nitrogens is 2. The smallest absolute Gasteiger partial charge is 0.285 e. The van der Waals surface area contributed by atoms with Crippen molar-refractivity contribution in [1.29, 1.82) is 0 Å². The Morgan fingerprint density at radius 3 is 1.95 bits per heavy atom. The second-order valence-corrected chi connectivity index (χ2v) is 9.05. The van der Waals surface area contributed by atoms with Gasteiger partial charge in [-0.15, -0.1) is 4.68 Å². The summed E-state index contributed by atoms with van der Waals surface area (Å²) < 4.78 is 5.07. The minimum Gasteiger partial charge on any atom is -0.285 e. The van der Waals surface area contributed by atoms with Crippen LogP contribution in [0.5, 0.6) is 0 Å². The van der Waals surface area contributed by atoms with Gasteiger partial charge in [-0.2, -0.15) is 0 Å². The fraction of sp³-hybridized carbons (Fsp3) is 0.138. The van der Waals surface area contributed by atoms with Gasteiger partial charge in [0.2, 0.25) is 5.71 Å². The number of nitro benzene ring substituents is 1. The van der Waals surface area contributed by atoms with Crippen molar-refractivity contribution in [2.75, 3.05) is 12.1 Å². The minimum atomic E-state index is -0.476. The van der Waals surface area contributed by atoms with Crippen LogP contribution in [0.25, 0.3) is 11.3 Å². The van der Waals surface area contributed by atoms with E-state index in [4.69, 9.17) is 0 Å². The SMILES string of the molecule is CC1=[N+](C)N(c2ccccc2)C(=O)C1=C(c1ccc([N+](=O)[O-])cc1)c1c(C)n(C)n(-c2ccccc2)c1=O. The van der Waals surface area contributed by atoms with E-state index in [1.165, 1.54) is 12.1 Å². The number of amides is 1. The molecule has 190 valence electrons. The summed E-state index contributed by atoms with van der Waals surface area (Å²) in [6, 6.07) is 24.5. The highest BCUT2D eigenvalue weighted by molar-refractivity contribution is 6.31. The van der Waals surface area contributed by atoms with Gasteiger partial charge in [-0.05, 0) is 48.9 Å². The lowest BCUT2D eigenvalue weighted by Crippen LogP contribution is -2.33. The van der Waals surface area contributed by atoms with Crippen molar-refractivity contribution in [3.05, 3.63) is 128 Å². The zero-order valence-corrected chi connectivity index (χ0v) is 21.5. The molecular weight excluding hydrogens is 482 g/mol. The maximum atomic E-state index is 14.1. The standard InChI is InChI=1S/C29H26N5O4/c1-19-25(28(35)32(30(19)3)22-11-7-5-8-12-22)27(21-15-17-24(18-16-21)34(37)38)26-20(2)31(4)33(29(26)36)23-13-9-6-10-14-23/h5-18H,1-4H3/q+1. The van der Waals surface area contributed by atoms with E-state index in [0.717, 1.165) is 0 Å². The Morgan fingerprint density at radius 2 is 1.39 bits per heavy atom. The van der Waals surface area contributed by atoms with Crippen LogP contribution in [0.4, 0.5) is 11.4 Å². The summed E-state index contributed by atoms with van der Waals surface area (Å²) in [5, 5.41) is 12.9. The van der Waals surface area contributed by atoms with Crippen LogP contribution in [-0.2, 0) is 11.8 Å². The number of hydrazone groups is 1. The topological polar surface area (TPSA) is 93.4 Å². The van der Waals surface area contributed by atoms with Crippen molar-refractivity contribution in [3.8, 4) is 5.69 Å². The molecule has 4 aromatic rings. The van der Waals surface area contributed by atoms with E-state index in [2.05, 4.69) is 0 Å². The summed E-state index contributed by atoms with van der Waals surface area (Å²) in [6.07, 6.45) is 0. The van der Waals surface area contributed by atoms with Crippen molar-refractivity contribution < 1.29 is 14.4 Å². The summed E-state index contributed by atoms with van der Waals surface area (Å²) in [6.45, 7) is 3.66. The Balaban J connectivity index is 1.83. The molecule has 1 aliphatic rings. The van der Waals surface area contributed by atoms with Gasteiger partial charge in [0.1, 0.15) is 11.3 Å². The van der Waals surface area contributed by atoms with Crippen molar-refractivity contribution in [3.63, 3.8) is 0 Å². The average Bonchev–Trinajstić information content (AvgIpc) is 3.28. The molecule has 0 bridgehead atoms. The van der Waals surface area contributed by atoms with Gasteiger partial charge >= 0.3 is 5.91 Å².